The molecule has 2 unspecified atom stereocenters. The Morgan fingerprint density at radius 2 is 2.08 bits per heavy atom. The zero-order chi connectivity index (χ0) is 8.27. The van der Waals surface area contributed by atoms with Gasteiger partial charge in [-0.3, -0.25) is 0 Å². The van der Waals surface area contributed by atoms with E-state index in [0.717, 1.165) is 5.92 Å². The van der Waals surface area contributed by atoms with Crippen LogP contribution in [0.4, 0.5) is 0 Å². The normalized spacial score (nSPS) is 30.2. The monoisotopic (exact) mass is 240 g/mol. The van der Waals surface area contributed by atoms with Crippen LogP contribution in [0, 0.1) is 5.92 Å². The summed E-state index contributed by atoms with van der Waals surface area (Å²) in [6.07, 6.45) is 2.64. The van der Waals surface area contributed by atoms with Crippen molar-refractivity contribution < 1.29 is 58.2 Å². The van der Waals surface area contributed by atoms with Gasteiger partial charge < -0.3 is 10.2 Å². The Hall–Kier alpha value is 1.73. The van der Waals surface area contributed by atoms with Crippen LogP contribution < -0.4 is 58.2 Å². The van der Waals surface area contributed by atoms with Crippen LogP contribution in [-0.4, -0.2) is 38.1 Å². The van der Waals surface area contributed by atoms with Crippen molar-refractivity contribution in [3.8, 4) is 0 Å². The second kappa shape index (κ2) is 7.07. The van der Waals surface area contributed by atoms with Crippen molar-refractivity contribution in [2.75, 3.05) is 27.2 Å². The molecule has 0 radical (unpaired) electrons. The molecule has 0 amide bonds. The standard InChI is InChI=1S/C9H19N2.Rb/c1-4-5-8-6-11(3)7-9(8)10-2;/h8-9H,4-7H2,1-3H3;/q-1;+1. The van der Waals surface area contributed by atoms with Crippen LogP contribution in [0.1, 0.15) is 19.8 Å². The summed E-state index contributed by atoms with van der Waals surface area (Å²) < 4.78 is 0. The van der Waals surface area contributed by atoms with E-state index in [0.29, 0.717) is 6.04 Å². The molecule has 0 aliphatic carbocycles. The van der Waals surface area contributed by atoms with Crippen LogP contribution in [0.15, 0.2) is 0 Å². The Bertz CT molecular complexity index is 119. The maximum absolute atomic E-state index is 4.40. The van der Waals surface area contributed by atoms with E-state index in [4.69, 9.17) is 0 Å². The molecule has 1 heterocycles. The van der Waals surface area contributed by atoms with Gasteiger partial charge in [-0.2, -0.15) is 7.05 Å². The molecule has 2 nitrogen and oxygen atoms in total. The van der Waals surface area contributed by atoms with E-state index in [-0.39, 0.29) is 58.2 Å². The molecule has 0 aromatic heterocycles. The van der Waals surface area contributed by atoms with Gasteiger partial charge in [-0.1, -0.05) is 19.8 Å². The first-order valence-corrected chi connectivity index (χ1v) is 4.55. The van der Waals surface area contributed by atoms with Gasteiger partial charge in [-0.05, 0) is 26.1 Å². The van der Waals surface area contributed by atoms with E-state index in [9.17, 15) is 0 Å². The second-order valence-corrected chi connectivity index (χ2v) is 3.60. The number of nitrogens with zero attached hydrogens (tertiary/aromatic N) is 2. The van der Waals surface area contributed by atoms with E-state index >= 15 is 0 Å². The number of likely N-dealkylation sites (N-methyl/N-ethyl adjacent to an activating group) is 2. The smallest absolute Gasteiger partial charge is 0.661 e. The Morgan fingerprint density at radius 1 is 1.42 bits per heavy atom. The van der Waals surface area contributed by atoms with Crippen molar-refractivity contribution in [3.05, 3.63) is 5.32 Å². The van der Waals surface area contributed by atoms with Gasteiger partial charge in [0.15, 0.2) is 0 Å². The van der Waals surface area contributed by atoms with Crippen molar-refractivity contribution in [3.63, 3.8) is 0 Å². The van der Waals surface area contributed by atoms with Crippen LogP contribution in [0.5, 0.6) is 0 Å². The topological polar surface area (TPSA) is 17.3 Å². The molecule has 1 aliphatic heterocycles. The van der Waals surface area contributed by atoms with Crippen LogP contribution >= 0.6 is 0 Å². The molecule has 3 heteroatoms. The molecule has 1 saturated heterocycles. The quantitative estimate of drug-likeness (QED) is 0.601. The van der Waals surface area contributed by atoms with Gasteiger partial charge in [-0.25, -0.2) is 0 Å². The van der Waals surface area contributed by atoms with Crippen molar-refractivity contribution in [1.82, 2.24) is 4.90 Å². The molecule has 0 N–H and O–H groups in total. The minimum absolute atomic E-state index is 0. The summed E-state index contributed by atoms with van der Waals surface area (Å²) in [5.41, 5.74) is 0. The largest absolute Gasteiger partial charge is 1.00 e. The summed E-state index contributed by atoms with van der Waals surface area (Å²) in [5, 5.41) is 4.40. The van der Waals surface area contributed by atoms with Gasteiger partial charge in [-0.15, -0.1) is 6.04 Å². The average Bonchev–Trinajstić information content (AvgIpc) is 2.32. The van der Waals surface area contributed by atoms with Gasteiger partial charge in [0.25, 0.3) is 0 Å². The number of rotatable bonds is 3. The average molecular weight is 241 g/mol. The Balaban J connectivity index is 0.00000121. The molecule has 2 atom stereocenters. The van der Waals surface area contributed by atoms with E-state index < -0.39 is 0 Å². The van der Waals surface area contributed by atoms with Crippen molar-refractivity contribution in [2.45, 2.75) is 25.8 Å². The molecule has 1 rings (SSSR count). The van der Waals surface area contributed by atoms with Crippen molar-refractivity contribution in [2.24, 2.45) is 5.92 Å². The Labute approximate surface area is 125 Å². The second-order valence-electron chi connectivity index (χ2n) is 3.60. The maximum atomic E-state index is 4.40. The van der Waals surface area contributed by atoms with E-state index in [1.54, 1.807) is 0 Å². The predicted molar refractivity (Wildman–Crippen MR) is 49.0 cm³/mol. The molecule has 0 saturated carbocycles. The molecule has 66 valence electrons. The summed E-state index contributed by atoms with van der Waals surface area (Å²) in [6.45, 7) is 4.67. The molecule has 0 aromatic rings. The van der Waals surface area contributed by atoms with Gasteiger partial charge in [0.2, 0.25) is 0 Å². The fraction of sp³-hybridized carbons (Fsp3) is 1.00. The molecule has 0 aromatic carbocycles. The minimum Gasteiger partial charge on any atom is -0.661 e. The number of hydrogen-bond donors (Lipinski definition) is 0. The van der Waals surface area contributed by atoms with Crippen molar-refractivity contribution >= 4 is 0 Å². The third-order valence-corrected chi connectivity index (χ3v) is 2.58. The molecule has 0 bridgehead atoms. The van der Waals surface area contributed by atoms with Crippen LogP contribution in [-0.2, 0) is 0 Å². The number of likely N-dealkylation sites (tertiary alicyclic amines) is 1. The molecule has 1 aliphatic rings. The van der Waals surface area contributed by atoms with E-state index in [1.165, 1.54) is 25.9 Å². The fourth-order valence-corrected chi connectivity index (χ4v) is 2.01. The zero-order valence-corrected chi connectivity index (χ0v) is 13.8. The first-order valence-electron chi connectivity index (χ1n) is 4.55. The van der Waals surface area contributed by atoms with E-state index in [1.807, 2.05) is 7.05 Å². The van der Waals surface area contributed by atoms with E-state index in [2.05, 4.69) is 24.2 Å². The predicted octanol–water partition coefficient (Wildman–Crippen LogP) is -1.28. The number of hydrogen-bond acceptors (Lipinski definition) is 1. The van der Waals surface area contributed by atoms with Crippen LogP contribution in [0.2, 0.25) is 0 Å². The Morgan fingerprint density at radius 3 is 2.58 bits per heavy atom. The molecule has 0 spiro atoms. The summed E-state index contributed by atoms with van der Waals surface area (Å²) in [7, 11) is 4.14. The molecule has 1 fully saturated rings. The van der Waals surface area contributed by atoms with Crippen molar-refractivity contribution in [1.29, 1.82) is 0 Å². The zero-order valence-electron chi connectivity index (χ0n) is 8.88. The maximum Gasteiger partial charge on any atom is 1.00 e. The summed E-state index contributed by atoms with van der Waals surface area (Å²) in [5.74, 6) is 0.829. The van der Waals surface area contributed by atoms with Gasteiger partial charge in [0.1, 0.15) is 0 Å². The minimum atomic E-state index is 0. The Kier molecular flexibility index (Phi) is 8.09. The SMILES string of the molecule is CCCC1CN(C)CC1[N-]C.[Rb+]. The van der Waals surface area contributed by atoms with Gasteiger partial charge >= 0.3 is 58.2 Å². The van der Waals surface area contributed by atoms with Crippen LogP contribution in [0.25, 0.3) is 5.32 Å². The summed E-state index contributed by atoms with van der Waals surface area (Å²) in [6, 6.07) is 0.611. The molecular formula is C9H19N2Rb. The third kappa shape index (κ3) is 3.85. The summed E-state index contributed by atoms with van der Waals surface area (Å²) >= 11 is 0. The van der Waals surface area contributed by atoms with Gasteiger partial charge in [0.05, 0.1) is 0 Å². The summed E-state index contributed by atoms with van der Waals surface area (Å²) in [4.78, 5) is 2.39. The molecule has 12 heavy (non-hydrogen) atoms. The third-order valence-electron chi connectivity index (χ3n) is 2.58. The van der Waals surface area contributed by atoms with Gasteiger partial charge in [0, 0.05) is 0 Å². The first kappa shape index (κ1) is 13.7. The molecular weight excluding hydrogens is 222 g/mol. The first-order chi connectivity index (χ1) is 5.27. The van der Waals surface area contributed by atoms with Crippen LogP contribution in [0.3, 0.4) is 0 Å². The fourth-order valence-electron chi connectivity index (χ4n) is 2.01.